The molecule has 2 aromatic rings. The van der Waals surface area contributed by atoms with Gasteiger partial charge in [-0.3, -0.25) is 0 Å². The number of aryl methyl sites for hydroxylation is 1. The van der Waals surface area contributed by atoms with Crippen LogP contribution >= 0.6 is 0 Å². The molecule has 0 aliphatic carbocycles. The molecule has 0 spiro atoms. The van der Waals surface area contributed by atoms with E-state index in [1.54, 1.807) is 6.07 Å². The summed E-state index contributed by atoms with van der Waals surface area (Å²) in [5, 5.41) is 8.40. The van der Waals surface area contributed by atoms with Crippen molar-refractivity contribution in [3.8, 4) is 17.0 Å². The van der Waals surface area contributed by atoms with Gasteiger partial charge in [0.1, 0.15) is 12.3 Å². The van der Waals surface area contributed by atoms with Crippen LogP contribution in [0.5, 0.6) is 5.75 Å². The first-order valence-electron chi connectivity index (χ1n) is 8.15. The summed E-state index contributed by atoms with van der Waals surface area (Å²) in [7, 11) is 0. The summed E-state index contributed by atoms with van der Waals surface area (Å²) in [5.74, 6) is -0.00281. The van der Waals surface area contributed by atoms with Gasteiger partial charge in [0.25, 0.3) is 0 Å². The Kier molecular flexibility index (Phi) is 4.71. The number of benzene rings is 1. The number of ether oxygens (including phenoxy) is 1. The average molecular weight is 303 g/mol. The van der Waals surface area contributed by atoms with E-state index in [4.69, 9.17) is 4.74 Å². The quantitative estimate of drug-likeness (QED) is 0.714. The predicted octanol–water partition coefficient (Wildman–Crippen LogP) is 4.34. The molecule has 1 aliphatic rings. The van der Waals surface area contributed by atoms with E-state index < -0.39 is 0 Å². The summed E-state index contributed by atoms with van der Waals surface area (Å²) >= 11 is 0. The van der Waals surface area contributed by atoms with Gasteiger partial charge in [0.15, 0.2) is 11.6 Å². The lowest BCUT2D eigenvalue weighted by Gasteiger charge is -2.18. The Morgan fingerprint density at radius 2 is 2.00 bits per heavy atom. The van der Waals surface area contributed by atoms with E-state index in [1.165, 1.54) is 38.2 Å². The van der Waals surface area contributed by atoms with Crippen LogP contribution in [0, 0.1) is 5.82 Å². The molecule has 0 amide bonds. The van der Waals surface area contributed by atoms with E-state index in [1.807, 2.05) is 10.7 Å². The van der Waals surface area contributed by atoms with Gasteiger partial charge in [-0.1, -0.05) is 50.3 Å². The first kappa shape index (κ1) is 15.0. The molecular formula is C17H22FN3O. The van der Waals surface area contributed by atoms with Gasteiger partial charge in [0.05, 0.1) is 5.69 Å². The Hall–Kier alpha value is -1.91. The minimum absolute atomic E-state index is 0.291. The molecule has 0 saturated carbocycles. The molecule has 0 unspecified atom stereocenters. The van der Waals surface area contributed by atoms with Crippen molar-refractivity contribution in [2.75, 3.05) is 0 Å². The summed E-state index contributed by atoms with van der Waals surface area (Å²) in [6.45, 7) is 3.34. The van der Waals surface area contributed by atoms with Crippen LogP contribution in [0.3, 0.4) is 0 Å². The van der Waals surface area contributed by atoms with Crippen molar-refractivity contribution in [3.63, 3.8) is 0 Å². The topological polar surface area (TPSA) is 39.9 Å². The molecule has 0 fully saturated rings. The van der Waals surface area contributed by atoms with Crippen LogP contribution in [0.1, 0.15) is 51.1 Å². The number of fused-ring (bicyclic) bond motifs is 3. The molecule has 22 heavy (non-hydrogen) atoms. The normalized spacial score (nSPS) is 12.6. The fourth-order valence-electron chi connectivity index (χ4n) is 2.92. The molecule has 118 valence electrons. The van der Waals surface area contributed by atoms with Gasteiger partial charge in [-0.15, -0.1) is 5.10 Å². The van der Waals surface area contributed by atoms with Crippen molar-refractivity contribution < 1.29 is 9.13 Å². The van der Waals surface area contributed by atoms with Gasteiger partial charge in [0, 0.05) is 12.1 Å². The first-order chi connectivity index (χ1) is 10.8. The summed E-state index contributed by atoms with van der Waals surface area (Å²) in [4.78, 5) is 0. The molecule has 0 radical (unpaired) electrons. The molecule has 0 bridgehead atoms. The second kappa shape index (κ2) is 6.90. The van der Waals surface area contributed by atoms with E-state index in [0.717, 1.165) is 29.9 Å². The number of hydrogen-bond acceptors (Lipinski definition) is 3. The standard InChI is InChI=1S/C17H22FN3O/c1-2-3-4-5-6-7-11-21-16-13-9-8-10-14(18)17(13)22-12-15(16)19-20-21/h8-10H,2-7,11-12H2,1H3. The molecule has 1 aliphatic heterocycles. The van der Waals surface area contributed by atoms with Crippen molar-refractivity contribution in [1.29, 1.82) is 0 Å². The van der Waals surface area contributed by atoms with E-state index >= 15 is 0 Å². The lowest BCUT2D eigenvalue weighted by atomic mass is 10.1. The van der Waals surface area contributed by atoms with E-state index in [2.05, 4.69) is 17.2 Å². The van der Waals surface area contributed by atoms with Gasteiger partial charge in [-0.25, -0.2) is 9.07 Å². The Balaban J connectivity index is 1.70. The smallest absolute Gasteiger partial charge is 0.165 e. The number of unbranched alkanes of at least 4 members (excludes halogenated alkanes) is 5. The Morgan fingerprint density at radius 1 is 1.18 bits per heavy atom. The molecule has 1 aromatic carbocycles. The van der Waals surface area contributed by atoms with Crippen LogP contribution in [-0.4, -0.2) is 15.0 Å². The zero-order valence-electron chi connectivity index (χ0n) is 13.0. The molecule has 0 atom stereocenters. The third-order valence-electron chi connectivity index (χ3n) is 4.10. The second-order valence-electron chi connectivity index (χ2n) is 5.78. The van der Waals surface area contributed by atoms with Gasteiger partial charge in [-0.2, -0.15) is 0 Å². The monoisotopic (exact) mass is 303 g/mol. The third kappa shape index (κ3) is 2.98. The van der Waals surface area contributed by atoms with Crippen molar-refractivity contribution in [1.82, 2.24) is 15.0 Å². The molecule has 3 rings (SSSR count). The molecule has 5 heteroatoms. The zero-order valence-corrected chi connectivity index (χ0v) is 13.0. The van der Waals surface area contributed by atoms with Crippen molar-refractivity contribution in [3.05, 3.63) is 29.7 Å². The fraction of sp³-hybridized carbons (Fsp3) is 0.529. The number of para-hydroxylation sites is 1. The molecule has 0 N–H and O–H groups in total. The van der Waals surface area contributed by atoms with Crippen LogP contribution in [0.25, 0.3) is 11.3 Å². The minimum Gasteiger partial charge on any atom is -0.483 e. The average Bonchev–Trinajstić information content (AvgIpc) is 2.95. The van der Waals surface area contributed by atoms with E-state index in [-0.39, 0.29) is 5.82 Å². The van der Waals surface area contributed by atoms with E-state index in [0.29, 0.717) is 12.4 Å². The second-order valence-corrected chi connectivity index (χ2v) is 5.78. The molecule has 4 nitrogen and oxygen atoms in total. The van der Waals surface area contributed by atoms with Crippen molar-refractivity contribution >= 4 is 0 Å². The maximum atomic E-state index is 13.9. The highest BCUT2D eigenvalue weighted by Gasteiger charge is 2.25. The van der Waals surface area contributed by atoms with Gasteiger partial charge in [-0.05, 0) is 18.6 Å². The Bertz CT molecular complexity index is 639. The van der Waals surface area contributed by atoms with Crippen LogP contribution < -0.4 is 4.74 Å². The highest BCUT2D eigenvalue weighted by molar-refractivity contribution is 5.71. The zero-order chi connectivity index (χ0) is 15.4. The van der Waals surface area contributed by atoms with Crippen LogP contribution in [-0.2, 0) is 13.2 Å². The van der Waals surface area contributed by atoms with Crippen LogP contribution in [0.4, 0.5) is 4.39 Å². The number of nitrogens with zero attached hydrogens (tertiary/aromatic N) is 3. The number of halogens is 1. The molecule has 2 heterocycles. The number of hydrogen-bond donors (Lipinski definition) is 0. The molecule has 0 saturated heterocycles. The number of rotatable bonds is 7. The number of aromatic nitrogens is 3. The lowest BCUT2D eigenvalue weighted by molar-refractivity contribution is 0.281. The summed E-state index contributed by atoms with van der Waals surface area (Å²) in [6, 6.07) is 5.00. The van der Waals surface area contributed by atoms with Gasteiger partial charge >= 0.3 is 0 Å². The van der Waals surface area contributed by atoms with Crippen LogP contribution in [0.15, 0.2) is 18.2 Å². The Labute approximate surface area is 130 Å². The van der Waals surface area contributed by atoms with Gasteiger partial charge in [0.2, 0.25) is 0 Å². The van der Waals surface area contributed by atoms with Crippen LogP contribution in [0.2, 0.25) is 0 Å². The van der Waals surface area contributed by atoms with Crippen molar-refractivity contribution in [2.24, 2.45) is 0 Å². The van der Waals surface area contributed by atoms with Gasteiger partial charge < -0.3 is 4.74 Å². The molecular weight excluding hydrogens is 281 g/mol. The SMILES string of the molecule is CCCCCCCCn1nnc2c1-c1cccc(F)c1OC2. The maximum absolute atomic E-state index is 13.9. The maximum Gasteiger partial charge on any atom is 0.165 e. The molecule has 1 aromatic heterocycles. The fourth-order valence-corrected chi connectivity index (χ4v) is 2.92. The van der Waals surface area contributed by atoms with Crippen molar-refractivity contribution in [2.45, 2.75) is 58.6 Å². The highest BCUT2D eigenvalue weighted by Crippen LogP contribution is 2.38. The summed E-state index contributed by atoms with van der Waals surface area (Å²) < 4.78 is 21.2. The lowest BCUT2D eigenvalue weighted by Crippen LogP contribution is -2.10. The first-order valence-corrected chi connectivity index (χ1v) is 8.15. The summed E-state index contributed by atoms with van der Waals surface area (Å²) in [5.41, 5.74) is 2.47. The largest absolute Gasteiger partial charge is 0.483 e. The highest BCUT2D eigenvalue weighted by atomic mass is 19.1. The van der Waals surface area contributed by atoms with E-state index in [9.17, 15) is 4.39 Å². The predicted molar refractivity (Wildman–Crippen MR) is 83.1 cm³/mol. The summed E-state index contributed by atoms with van der Waals surface area (Å²) in [6.07, 6.45) is 7.40. The minimum atomic E-state index is -0.324. The third-order valence-corrected chi connectivity index (χ3v) is 4.10. The Morgan fingerprint density at radius 3 is 2.86 bits per heavy atom.